The molecule has 0 bridgehead atoms. The van der Waals surface area contributed by atoms with E-state index in [9.17, 15) is 8.42 Å². The summed E-state index contributed by atoms with van der Waals surface area (Å²) in [5.41, 5.74) is 0.945. The molecule has 0 spiro atoms. The van der Waals surface area contributed by atoms with Crippen LogP contribution >= 0.6 is 0 Å². The van der Waals surface area contributed by atoms with Crippen LogP contribution in [0.3, 0.4) is 0 Å². The predicted molar refractivity (Wildman–Crippen MR) is 71.2 cm³/mol. The first-order valence-corrected chi connectivity index (χ1v) is 7.36. The lowest BCUT2D eigenvalue weighted by Crippen LogP contribution is -2.38. The first-order chi connectivity index (χ1) is 8.56. The first-order valence-electron chi connectivity index (χ1n) is 5.92. The van der Waals surface area contributed by atoms with Crippen molar-refractivity contribution in [2.24, 2.45) is 0 Å². The lowest BCUT2D eigenvalue weighted by atomic mass is 10.2. The summed E-state index contributed by atoms with van der Waals surface area (Å²) in [6.07, 6.45) is 1.24. The fraction of sp³-hybridized carbons (Fsp3) is 0.500. The van der Waals surface area contributed by atoms with E-state index in [0.29, 0.717) is 25.9 Å². The summed E-state index contributed by atoms with van der Waals surface area (Å²) in [4.78, 5) is 0. The number of benzene rings is 1. The third-order valence-electron chi connectivity index (χ3n) is 2.53. The summed E-state index contributed by atoms with van der Waals surface area (Å²) in [5.74, 6) is 0. The molecule has 102 valence electrons. The smallest absolute Gasteiger partial charge is 0.279 e. The molecule has 1 aromatic rings. The van der Waals surface area contributed by atoms with Gasteiger partial charge in [-0.3, -0.25) is 0 Å². The van der Waals surface area contributed by atoms with Crippen molar-refractivity contribution in [2.45, 2.75) is 19.4 Å². The van der Waals surface area contributed by atoms with Crippen LogP contribution < -0.4 is 4.72 Å². The Morgan fingerprint density at radius 3 is 2.50 bits per heavy atom. The molecule has 6 heteroatoms. The Balaban J connectivity index is 2.46. The van der Waals surface area contributed by atoms with Crippen LogP contribution in [0.4, 0.5) is 0 Å². The van der Waals surface area contributed by atoms with Gasteiger partial charge in [-0.1, -0.05) is 30.3 Å². The molecule has 1 rings (SSSR count). The molecule has 0 aromatic heterocycles. The van der Waals surface area contributed by atoms with Gasteiger partial charge in [0.2, 0.25) is 0 Å². The normalized spacial score (nSPS) is 11.9. The molecule has 0 fully saturated rings. The number of aliphatic hydroxyl groups is 1. The van der Waals surface area contributed by atoms with Gasteiger partial charge in [-0.2, -0.15) is 12.7 Å². The Bertz CT molecular complexity index is 434. The maximum absolute atomic E-state index is 11.9. The summed E-state index contributed by atoms with van der Waals surface area (Å²) in [6, 6.07) is 9.43. The Morgan fingerprint density at radius 2 is 1.89 bits per heavy atom. The van der Waals surface area contributed by atoms with Crippen LogP contribution in [0, 0.1) is 0 Å². The van der Waals surface area contributed by atoms with Crippen molar-refractivity contribution < 1.29 is 13.5 Å². The van der Waals surface area contributed by atoms with E-state index >= 15 is 0 Å². The highest BCUT2D eigenvalue weighted by Crippen LogP contribution is 2.05. The van der Waals surface area contributed by atoms with Crippen LogP contribution in [0.15, 0.2) is 30.3 Å². The largest absolute Gasteiger partial charge is 0.396 e. The molecule has 0 radical (unpaired) electrons. The second-order valence-electron chi connectivity index (χ2n) is 4.07. The zero-order valence-corrected chi connectivity index (χ0v) is 11.4. The summed E-state index contributed by atoms with van der Waals surface area (Å²) in [6.45, 7) is 0.778. The second-order valence-corrected chi connectivity index (χ2v) is 5.93. The summed E-state index contributed by atoms with van der Waals surface area (Å²) >= 11 is 0. The van der Waals surface area contributed by atoms with E-state index < -0.39 is 10.2 Å². The molecule has 0 amide bonds. The van der Waals surface area contributed by atoms with Gasteiger partial charge in [0.25, 0.3) is 10.2 Å². The van der Waals surface area contributed by atoms with Crippen LogP contribution in [-0.4, -0.2) is 38.0 Å². The highest BCUT2D eigenvalue weighted by molar-refractivity contribution is 7.87. The zero-order chi connectivity index (χ0) is 13.4. The quantitative estimate of drug-likeness (QED) is 0.685. The van der Waals surface area contributed by atoms with Gasteiger partial charge in [0, 0.05) is 26.7 Å². The number of rotatable bonds is 8. The number of nitrogens with one attached hydrogen (secondary N) is 1. The van der Waals surface area contributed by atoms with Gasteiger partial charge in [0.1, 0.15) is 0 Å². The molecule has 0 saturated carbocycles. The van der Waals surface area contributed by atoms with Gasteiger partial charge in [-0.05, 0) is 18.4 Å². The zero-order valence-electron chi connectivity index (χ0n) is 10.5. The fourth-order valence-corrected chi connectivity index (χ4v) is 2.42. The molecule has 0 saturated heterocycles. The number of hydrogen-bond donors (Lipinski definition) is 2. The molecule has 0 heterocycles. The predicted octanol–water partition coefficient (Wildman–Crippen LogP) is 0.725. The Kier molecular flexibility index (Phi) is 6.28. The van der Waals surface area contributed by atoms with Crippen LogP contribution in [0.2, 0.25) is 0 Å². The van der Waals surface area contributed by atoms with Gasteiger partial charge in [0.15, 0.2) is 0 Å². The van der Waals surface area contributed by atoms with Crippen molar-refractivity contribution in [3.05, 3.63) is 35.9 Å². The van der Waals surface area contributed by atoms with Crippen LogP contribution in [0.1, 0.15) is 18.4 Å². The molecule has 0 aliphatic carbocycles. The minimum atomic E-state index is -3.44. The fourth-order valence-electron chi connectivity index (χ4n) is 1.47. The topological polar surface area (TPSA) is 69.6 Å². The van der Waals surface area contributed by atoms with Crippen molar-refractivity contribution in [3.63, 3.8) is 0 Å². The number of aliphatic hydroxyl groups excluding tert-OH is 1. The van der Waals surface area contributed by atoms with Gasteiger partial charge in [-0.25, -0.2) is 4.72 Å². The Morgan fingerprint density at radius 1 is 1.22 bits per heavy atom. The molecule has 0 unspecified atom stereocenters. The number of unbranched alkanes of at least 4 members (excludes halogenated alkanes) is 1. The third-order valence-corrected chi connectivity index (χ3v) is 4.05. The Labute approximate surface area is 109 Å². The maximum Gasteiger partial charge on any atom is 0.279 e. The monoisotopic (exact) mass is 272 g/mol. The van der Waals surface area contributed by atoms with Crippen LogP contribution in [-0.2, 0) is 16.8 Å². The summed E-state index contributed by atoms with van der Waals surface area (Å²) < 4.78 is 27.5. The average molecular weight is 272 g/mol. The van der Waals surface area contributed by atoms with Gasteiger partial charge >= 0.3 is 0 Å². The highest BCUT2D eigenvalue weighted by atomic mass is 32.2. The van der Waals surface area contributed by atoms with E-state index in [0.717, 1.165) is 5.56 Å². The molecule has 0 atom stereocenters. The van der Waals surface area contributed by atoms with Crippen molar-refractivity contribution in [2.75, 3.05) is 20.2 Å². The number of hydrogen-bond acceptors (Lipinski definition) is 3. The maximum atomic E-state index is 11.9. The highest BCUT2D eigenvalue weighted by Gasteiger charge is 2.16. The summed E-state index contributed by atoms with van der Waals surface area (Å²) in [5, 5.41) is 8.61. The van der Waals surface area contributed by atoms with E-state index in [4.69, 9.17) is 5.11 Å². The minimum absolute atomic E-state index is 0.0849. The van der Waals surface area contributed by atoms with Gasteiger partial charge in [-0.15, -0.1) is 0 Å². The minimum Gasteiger partial charge on any atom is -0.396 e. The summed E-state index contributed by atoms with van der Waals surface area (Å²) in [7, 11) is -1.89. The Hall–Kier alpha value is -0.950. The van der Waals surface area contributed by atoms with E-state index in [1.165, 1.54) is 4.31 Å². The van der Waals surface area contributed by atoms with E-state index in [2.05, 4.69) is 4.72 Å². The standard InChI is InChI=1S/C12H20N2O3S/c1-14(11-12-7-3-2-4-8-12)18(16,17)13-9-5-6-10-15/h2-4,7-8,13,15H,5-6,9-11H2,1H3. The van der Waals surface area contributed by atoms with E-state index in [-0.39, 0.29) is 6.61 Å². The second kappa shape index (κ2) is 7.48. The number of nitrogens with zero attached hydrogens (tertiary/aromatic N) is 1. The third kappa shape index (κ3) is 5.14. The lowest BCUT2D eigenvalue weighted by molar-refractivity contribution is 0.284. The van der Waals surface area contributed by atoms with Crippen molar-refractivity contribution >= 4 is 10.2 Å². The molecule has 5 nitrogen and oxygen atoms in total. The molecule has 0 aliphatic rings. The lowest BCUT2D eigenvalue weighted by Gasteiger charge is -2.17. The van der Waals surface area contributed by atoms with Crippen molar-refractivity contribution in [1.29, 1.82) is 0 Å². The molecular weight excluding hydrogens is 252 g/mol. The molecule has 1 aromatic carbocycles. The SMILES string of the molecule is CN(Cc1ccccc1)S(=O)(=O)NCCCCO. The molecule has 2 N–H and O–H groups in total. The van der Waals surface area contributed by atoms with Crippen molar-refractivity contribution in [3.8, 4) is 0 Å². The van der Waals surface area contributed by atoms with Crippen LogP contribution in [0.5, 0.6) is 0 Å². The first kappa shape index (κ1) is 15.1. The molecular formula is C12H20N2O3S. The van der Waals surface area contributed by atoms with Gasteiger partial charge in [0.05, 0.1) is 0 Å². The molecule has 18 heavy (non-hydrogen) atoms. The van der Waals surface area contributed by atoms with Crippen molar-refractivity contribution in [1.82, 2.24) is 9.03 Å². The molecule has 0 aliphatic heterocycles. The van der Waals surface area contributed by atoms with Crippen LogP contribution in [0.25, 0.3) is 0 Å². The van der Waals surface area contributed by atoms with E-state index in [1.807, 2.05) is 30.3 Å². The average Bonchev–Trinajstić information content (AvgIpc) is 2.36. The van der Waals surface area contributed by atoms with Gasteiger partial charge < -0.3 is 5.11 Å². The van der Waals surface area contributed by atoms with E-state index in [1.54, 1.807) is 7.05 Å².